The number of thiophene rings is 1. The summed E-state index contributed by atoms with van der Waals surface area (Å²) >= 11 is 7.30. The van der Waals surface area contributed by atoms with Crippen molar-refractivity contribution in [3.63, 3.8) is 0 Å². The Balaban J connectivity index is 2.49. The van der Waals surface area contributed by atoms with Crippen molar-refractivity contribution in [2.75, 3.05) is 5.73 Å². The Morgan fingerprint density at radius 3 is 2.82 bits per heavy atom. The molecule has 1 aromatic carbocycles. The summed E-state index contributed by atoms with van der Waals surface area (Å²) in [6.07, 6.45) is 0. The van der Waals surface area contributed by atoms with E-state index in [1.807, 2.05) is 19.9 Å². The van der Waals surface area contributed by atoms with Crippen LogP contribution >= 0.6 is 22.9 Å². The van der Waals surface area contributed by atoms with Gasteiger partial charge in [0.25, 0.3) is 5.91 Å². The van der Waals surface area contributed by atoms with Crippen LogP contribution in [0.5, 0.6) is 0 Å². The number of benzene rings is 1. The van der Waals surface area contributed by atoms with E-state index in [1.54, 1.807) is 12.1 Å². The van der Waals surface area contributed by atoms with Crippen LogP contribution in [0.4, 0.5) is 5.69 Å². The molecule has 2 rings (SSSR count). The Labute approximate surface area is 109 Å². The van der Waals surface area contributed by atoms with Gasteiger partial charge in [0, 0.05) is 21.2 Å². The van der Waals surface area contributed by atoms with Gasteiger partial charge < -0.3 is 11.1 Å². The number of nitrogen functional groups attached to an aromatic ring is 1. The predicted octanol–water partition coefficient (Wildman–Crippen LogP) is 3.28. The largest absolute Gasteiger partial charge is 0.397 e. The first-order valence-corrected chi connectivity index (χ1v) is 6.47. The zero-order chi connectivity index (χ0) is 12.6. The smallest absolute Gasteiger partial charge is 0.263 e. The van der Waals surface area contributed by atoms with Crippen molar-refractivity contribution in [1.82, 2.24) is 5.32 Å². The maximum atomic E-state index is 11.9. The van der Waals surface area contributed by atoms with Crippen molar-refractivity contribution in [3.8, 4) is 0 Å². The summed E-state index contributed by atoms with van der Waals surface area (Å²) in [6, 6.07) is 5.56. The van der Waals surface area contributed by atoms with Crippen molar-refractivity contribution in [2.45, 2.75) is 19.9 Å². The number of nitrogens with two attached hydrogens (primary N) is 1. The third kappa shape index (κ3) is 2.37. The van der Waals surface area contributed by atoms with Gasteiger partial charge in [-0.2, -0.15) is 0 Å². The molecular formula is C12H13ClN2OS. The molecule has 0 aliphatic carbocycles. The summed E-state index contributed by atoms with van der Waals surface area (Å²) < 4.78 is 0.973. The third-order valence-corrected chi connectivity index (χ3v) is 3.73. The molecule has 0 saturated carbocycles. The second kappa shape index (κ2) is 4.55. The Bertz CT molecular complexity index is 577. The molecule has 3 N–H and O–H groups in total. The summed E-state index contributed by atoms with van der Waals surface area (Å²) in [5.41, 5.74) is 6.48. The molecule has 0 saturated heterocycles. The average molecular weight is 269 g/mol. The van der Waals surface area contributed by atoms with E-state index in [2.05, 4.69) is 5.32 Å². The molecule has 17 heavy (non-hydrogen) atoms. The lowest BCUT2D eigenvalue weighted by molar-refractivity contribution is 0.0948. The molecular weight excluding hydrogens is 256 g/mol. The first kappa shape index (κ1) is 12.2. The number of carbonyl (C=O) groups excluding carboxylic acids is 1. The van der Waals surface area contributed by atoms with Gasteiger partial charge in [-0.3, -0.25) is 4.79 Å². The van der Waals surface area contributed by atoms with E-state index >= 15 is 0 Å². The third-order valence-electron chi connectivity index (χ3n) is 2.31. The minimum Gasteiger partial charge on any atom is -0.397 e. The van der Waals surface area contributed by atoms with Crippen LogP contribution in [0.3, 0.4) is 0 Å². The van der Waals surface area contributed by atoms with Gasteiger partial charge in [-0.05, 0) is 32.0 Å². The fraction of sp³-hybridized carbons (Fsp3) is 0.250. The van der Waals surface area contributed by atoms with Crippen molar-refractivity contribution < 1.29 is 4.79 Å². The van der Waals surface area contributed by atoms with Crippen LogP contribution in [0.15, 0.2) is 18.2 Å². The molecule has 0 spiro atoms. The molecule has 0 aliphatic heterocycles. The quantitative estimate of drug-likeness (QED) is 0.878. The van der Waals surface area contributed by atoms with Gasteiger partial charge >= 0.3 is 0 Å². The highest BCUT2D eigenvalue weighted by Gasteiger charge is 2.16. The van der Waals surface area contributed by atoms with Crippen molar-refractivity contribution in [1.29, 1.82) is 0 Å². The maximum Gasteiger partial charge on any atom is 0.263 e. The normalized spacial score (nSPS) is 11.1. The van der Waals surface area contributed by atoms with Crippen LogP contribution in [0, 0.1) is 0 Å². The predicted molar refractivity (Wildman–Crippen MR) is 73.8 cm³/mol. The van der Waals surface area contributed by atoms with Gasteiger partial charge in [0.15, 0.2) is 0 Å². The van der Waals surface area contributed by atoms with Gasteiger partial charge in [-0.25, -0.2) is 0 Å². The Kier molecular flexibility index (Phi) is 3.26. The molecule has 1 heterocycles. The zero-order valence-electron chi connectivity index (χ0n) is 9.58. The van der Waals surface area contributed by atoms with Crippen LogP contribution in [0.25, 0.3) is 10.1 Å². The van der Waals surface area contributed by atoms with Gasteiger partial charge in [0.1, 0.15) is 4.88 Å². The fourth-order valence-electron chi connectivity index (χ4n) is 1.59. The number of nitrogens with one attached hydrogen (secondary N) is 1. The zero-order valence-corrected chi connectivity index (χ0v) is 11.2. The Morgan fingerprint density at radius 1 is 1.47 bits per heavy atom. The van der Waals surface area contributed by atoms with Crippen LogP contribution in [0.2, 0.25) is 5.02 Å². The van der Waals surface area contributed by atoms with Crippen molar-refractivity contribution in [3.05, 3.63) is 28.1 Å². The summed E-state index contributed by atoms with van der Waals surface area (Å²) in [7, 11) is 0. The maximum absolute atomic E-state index is 11.9. The molecule has 0 radical (unpaired) electrons. The molecule has 0 unspecified atom stereocenters. The number of halogens is 1. The molecule has 1 amide bonds. The standard InChI is InChI=1S/C12H13ClN2OS/c1-6(2)15-12(16)11-10(14)8-5-7(13)3-4-9(8)17-11/h3-6H,14H2,1-2H3,(H,15,16). The molecule has 90 valence electrons. The molecule has 0 aliphatic rings. The molecule has 0 bridgehead atoms. The summed E-state index contributed by atoms with van der Waals surface area (Å²) in [5.74, 6) is -0.130. The van der Waals surface area contributed by atoms with Gasteiger partial charge in [0.2, 0.25) is 0 Å². The fourth-order valence-corrected chi connectivity index (χ4v) is 2.76. The number of amides is 1. The lowest BCUT2D eigenvalue weighted by atomic mass is 10.2. The second-order valence-electron chi connectivity index (χ2n) is 4.11. The first-order chi connectivity index (χ1) is 7.99. The van der Waals surface area contributed by atoms with Crippen molar-refractivity contribution in [2.24, 2.45) is 0 Å². The molecule has 2 aromatic rings. The first-order valence-electron chi connectivity index (χ1n) is 5.27. The average Bonchev–Trinajstić information content (AvgIpc) is 2.55. The Morgan fingerprint density at radius 2 is 2.18 bits per heavy atom. The summed E-state index contributed by atoms with van der Waals surface area (Å²) in [6.45, 7) is 3.83. The lowest BCUT2D eigenvalue weighted by Gasteiger charge is -2.06. The number of rotatable bonds is 2. The van der Waals surface area contributed by atoms with Crippen LogP contribution in [-0.2, 0) is 0 Å². The van der Waals surface area contributed by atoms with E-state index in [-0.39, 0.29) is 11.9 Å². The van der Waals surface area contributed by atoms with Crippen LogP contribution in [0.1, 0.15) is 23.5 Å². The Hall–Kier alpha value is -1.26. The molecule has 0 fully saturated rings. The lowest BCUT2D eigenvalue weighted by Crippen LogP contribution is -2.29. The summed E-state index contributed by atoms with van der Waals surface area (Å²) in [4.78, 5) is 12.5. The van der Waals surface area contributed by atoms with E-state index in [0.29, 0.717) is 15.6 Å². The van der Waals surface area contributed by atoms with E-state index < -0.39 is 0 Å². The highest BCUT2D eigenvalue weighted by atomic mass is 35.5. The number of carbonyl (C=O) groups is 1. The number of anilines is 1. The minimum absolute atomic E-state index is 0.0932. The van der Waals surface area contributed by atoms with Gasteiger partial charge in [0.05, 0.1) is 5.69 Å². The topological polar surface area (TPSA) is 55.1 Å². The number of hydrogen-bond acceptors (Lipinski definition) is 3. The van der Waals surface area contributed by atoms with Gasteiger partial charge in [-0.1, -0.05) is 11.6 Å². The monoisotopic (exact) mass is 268 g/mol. The second-order valence-corrected chi connectivity index (χ2v) is 5.60. The molecule has 5 heteroatoms. The van der Waals surface area contributed by atoms with Gasteiger partial charge in [-0.15, -0.1) is 11.3 Å². The summed E-state index contributed by atoms with van der Waals surface area (Å²) in [5, 5.41) is 4.30. The van der Waals surface area contributed by atoms with E-state index in [0.717, 1.165) is 10.1 Å². The highest BCUT2D eigenvalue weighted by Crippen LogP contribution is 2.35. The van der Waals surface area contributed by atoms with E-state index in [4.69, 9.17) is 17.3 Å². The molecule has 3 nitrogen and oxygen atoms in total. The number of hydrogen-bond donors (Lipinski definition) is 2. The SMILES string of the molecule is CC(C)NC(=O)c1sc2ccc(Cl)cc2c1N. The highest BCUT2D eigenvalue weighted by molar-refractivity contribution is 7.21. The van der Waals surface area contributed by atoms with Crippen LogP contribution in [-0.4, -0.2) is 11.9 Å². The molecule has 0 atom stereocenters. The van der Waals surface area contributed by atoms with E-state index in [9.17, 15) is 4.79 Å². The van der Waals surface area contributed by atoms with Crippen molar-refractivity contribution >= 4 is 44.6 Å². The minimum atomic E-state index is -0.130. The molecule has 1 aromatic heterocycles. The van der Waals surface area contributed by atoms with Crippen LogP contribution < -0.4 is 11.1 Å². The van der Waals surface area contributed by atoms with E-state index in [1.165, 1.54) is 11.3 Å². The number of fused-ring (bicyclic) bond motifs is 1.